The number of hydrogen-bond acceptors (Lipinski definition) is 3. The molecule has 0 aromatic rings. The molecule has 0 spiro atoms. The molecule has 0 saturated carbocycles. The monoisotopic (exact) mass is 263 g/mol. The lowest BCUT2D eigenvalue weighted by Crippen LogP contribution is -2.51. The number of nitrogens with two attached hydrogens (primary N) is 1. The lowest BCUT2D eigenvalue weighted by molar-refractivity contribution is -0.127. The van der Waals surface area contributed by atoms with Gasteiger partial charge in [0.05, 0.1) is 6.04 Å². The smallest absolute Gasteiger partial charge is 0.237 e. The highest BCUT2D eigenvalue weighted by atomic mass is 35.5. The highest BCUT2D eigenvalue weighted by Gasteiger charge is 2.29. The molecule has 17 heavy (non-hydrogen) atoms. The van der Waals surface area contributed by atoms with Crippen molar-refractivity contribution < 1.29 is 4.79 Å². The molecule has 2 atom stereocenters. The van der Waals surface area contributed by atoms with Crippen molar-refractivity contribution in [2.24, 2.45) is 5.73 Å². The second-order valence-corrected chi connectivity index (χ2v) is 5.45. The van der Waals surface area contributed by atoms with Crippen LogP contribution in [0.4, 0.5) is 0 Å². The number of carbonyl (C=O) groups is 1. The van der Waals surface area contributed by atoms with Crippen LogP contribution in [0, 0.1) is 0 Å². The van der Waals surface area contributed by atoms with Crippen LogP contribution in [0.15, 0.2) is 0 Å². The first-order valence-corrected chi connectivity index (χ1v) is 6.17. The van der Waals surface area contributed by atoms with Crippen molar-refractivity contribution >= 4 is 18.3 Å². The number of hydrogen-bond donors (Lipinski definition) is 2. The maximum absolute atomic E-state index is 12.0. The Kier molecular flexibility index (Phi) is 6.45. The van der Waals surface area contributed by atoms with Crippen molar-refractivity contribution in [3.8, 4) is 0 Å². The van der Waals surface area contributed by atoms with Crippen molar-refractivity contribution in [3.63, 3.8) is 0 Å². The quantitative estimate of drug-likeness (QED) is 0.800. The van der Waals surface area contributed by atoms with Crippen LogP contribution in [-0.2, 0) is 4.79 Å². The Labute approximate surface area is 111 Å². The van der Waals surface area contributed by atoms with E-state index in [-0.39, 0.29) is 35.9 Å². The molecule has 2 unspecified atom stereocenters. The summed E-state index contributed by atoms with van der Waals surface area (Å²) >= 11 is 0. The maximum Gasteiger partial charge on any atom is 0.237 e. The van der Waals surface area contributed by atoms with E-state index >= 15 is 0 Å². The molecule has 102 valence electrons. The van der Waals surface area contributed by atoms with E-state index in [1.54, 1.807) is 0 Å². The zero-order chi connectivity index (χ0) is 12.3. The van der Waals surface area contributed by atoms with Crippen LogP contribution in [0.1, 0.15) is 40.5 Å². The molecule has 4 nitrogen and oxygen atoms in total. The molecule has 1 fully saturated rings. The first-order chi connectivity index (χ1) is 7.35. The maximum atomic E-state index is 12.0. The molecular formula is C12H26ClN3O. The van der Waals surface area contributed by atoms with Crippen LogP contribution in [-0.4, -0.2) is 41.5 Å². The number of nitrogens with one attached hydrogen (secondary N) is 1. The molecule has 1 aliphatic rings. The van der Waals surface area contributed by atoms with Gasteiger partial charge in [-0.1, -0.05) is 6.92 Å². The van der Waals surface area contributed by atoms with Gasteiger partial charge < -0.3 is 11.1 Å². The summed E-state index contributed by atoms with van der Waals surface area (Å²) < 4.78 is 0. The van der Waals surface area contributed by atoms with E-state index in [2.05, 4.69) is 17.1 Å². The van der Waals surface area contributed by atoms with Crippen LogP contribution in [0.3, 0.4) is 0 Å². The Morgan fingerprint density at radius 1 is 1.59 bits per heavy atom. The molecular weight excluding hydrogens is 238 g/mol. The SMILES string of the molecule is CCC(C)(C)NC(=O)C(C)N1CCC(N)C1.Cl. The lowest BCUT2D eigenvalue weighted by Gasteiger charge is -2.30. The second kappa shape index (κ2) is 6.57. The van der Waals surface area contributed by atoms with Crippen LogP contribution in [0.5, 0.6) is 0 Å². The molecule has 0 radical (unpaired) electrons. The molecule has 1 saturated heterocycles. The molecule has 0 aromatic heterocycles. The van der Waals surface area contributed by atoms with E-state index in [1.807, 2.05) is 20.8 Å². The van der Waals surface area contributed by atoms with E-state index < -0.39 is 0 Å². The van der Waals surface area contributed by atoms with Crippen molar-refractivity contribution in [3.05, 3.63) is 0 Å². The Balaban J connectivity index is 0.00000256. The third-order valence-electron chi connectivity index (χ3n) is 3.53. The molecule has 0 bridgehead atoms. The lowest BCUT2D eigenvalue weighted by atomic mass is 10.0. The summed E-state index contributed by atoms with van der Waals surface area (Å²) in [6.07, 6.45) is 1.93. The van der Waals surface area contributed by atoms with Gasteiger partial charge in [-0.2, -0.15) is 0 Å². The predicted octanol–water partition coefficient (Wildman–Crippen LogP) is 1.13. The van der Waals surface area contributed by atoms with Gasteiger partial charge in [0.1, 0.15) is 0 Å². The molecule has 1 rings (SSSR count). The zero-order valence-corrected chi connectivity index (χ0v) is 12.1. The predicted molar refractivity (Wildman–Crippen MR) is 73.4 cm³/mol. The second-order valence-electron chi connectivity index (χ2n) is 5.45. The molecule has 1 amide bonds. The van der Waals surface area contributed by atoms with E-state index in [0.29, 0.717) is 0 Å². The summed E-state index contributed by atoms with van der Waals surface area (Å²) in [5.74, 6) is 0.112. The summed E-state index contributed by atoms with van der Waals surface area (Å²) in [6.45, 7) is 9.90. The summed E-state index contributed by atoms with van der Waals surface area (Å²) in [7, 11) is 0. The third kappa shape index (κ3) is 4.82. The van der Waals surface area contributed by atoms with Crippen LogP contribution >= 0.6 is 12.4 Å². The standard InChI is InChI=1S/C12H25N3O.ClH/c1-5-12(3,4)14-11(16)9(2)15-7-6-10(13)8-15;/h9-10H,5-8,13H2,1-4H3,(H,14,16);1H. The highest BCUT2D eigenvalue weighted by molar-refractivity contribution is 5.85. The van der Waals surface area contributed by atoms with E-state index in [1.165, 1.54) is 0 Å². The largest absolute Gasteiger partial charge is 0.350 e. The summed E-state index contributed by atoms with van der Waals surface area (Å²) in [6, 6.07) is 0.161. The summed E-state index contributed by atoms with van der Waals surface area (Å²) in [4.78, 5) is 14.2. The number of rotatable bonds is 4. The van der Waals surface area contributed by atoms with Gasteiger partial charge in [-0.25, -0.2) is 0 Å². The van der Waals surface area contributed by atoms with Gasteiger partial charge in [-0.05, 0) is 33.6 Å². The van der Waals surface area contributed by atoms with Crippen LogP contribution in [0.25, 0.3) is 0 Å². The first kappa shape index (κ1) is 16.7. The fraction of sp³-hybridized carbons (Fsp3) is 0.917. The molecule has 0 aromatic carbocycles. The average molecular weight is 264 g/mol. The molecule has 5 heteroatoms. The van der Waals surface area contributed by atoms with Crippen LogP contribution in [0.2, 0.25) is 0 Å². The third-order valence-corrected chi connectivity index (χ3v) is 3.53. The number of likely N-dealkylation sites (tertiary alicyclic amines) is 1. The van der Waals surface area contributed by atoms with Gasteiger partial charge >= 0.3 is 0 Å². The van der Waals surface area contributed by atoms with Crippen molar-refractivity contribution in [2.45, 2.75) is 58.2 Å². The molecule has 3 N–H and O–H groups in total. The Hall–Kier alpha value is -0.320. The van der Waals surface area contributed by atoms with Crippen molar-refractivity contribution in [1.29, 1.82) is 0 Å². The molecule has 1 aliphatic heterocycles. The van der Waals surface area contributed by atoms with Gasteiger partial charge in [0.15, 0.2) is 0 Å². The number of halogens is 1. The Morgan fingerprint density at radius 3 is 2.59 bits per heavy atom. The van der Waals surface area contributed by atoms with Gasteiger partial charge in [0, 0.05) is 24.7 Å². The summed E-state index contributed by atoms with van der Waals surface area (Å²) in [5.41, 5.74) is 5.73. The Morgan fingerprint density at radius 2 is 2.18 bits per heavy atom. The molecule has 0 aliphatic carbocycles. The minimum Gasteiger partial charge on any atom is -0.350 e. The van der Waals surface area contributed by atoms with E-state index in [4.69, 9.17) is 5.73 Å². The Bertz CT molecular complexity index is 258. The van der Waals surface area contributed by atoms with Gasteiger partial charge in [-0.15, -0.1) is 12.4 Å². The van der Waals surface area contributed by atoms with Crippen molar-refractivity contribution in [2.75, 3.05) is 13.1 Å². The normalized spacial score (nSPS) is 23.0. The number of amides is 1. The molecule has 1 heterocycles. The fourth-order valence-electron chi connectivity index (χ4n) is 1.86. The van der Waals surface area contributed by atoms with Crippen LogP contribution < -0.4 is 11.1 Å². The van der Waals surface area contributed by atoms with Gasteiger partial charge in [0.25, 0.3) is 0 Å². The highest BCUT2D eigenvalue weighted by Crippen LogP contribution is 2.13. The van der Waals surface area contributed by atoms with Gasteiger partial charge in [0.2, 0.25) is 5.91 Å². The topological polar surface area (TPSA) is 58.4 Å². The minimum atomic E-state index is -0.118. The van der Waals surface area contributed by atoms with E-state index in [9.17, 15) is 4.79 Å². The summed E-state index contributed by atoms with van der Waals surface area (Å²) in [5, 5.41) is 3.08. The fourth-order valence-corrected chi connectivity index (χ4v) is 1.86. The zero-order valence-electron chi connectivity index (χ0n) is 11.3. The van der Waals surface area contributed by atoms with E-state index in [0.717, 1.165) is 25.9 Å². The minimum absolute atomic E-state index is 0. The average Bonchev–Trinajstić information content (AvgIpc) is 2.63. The van der Waals surface area contributed by atoms with Crippen molar-refractivity contribution in [1.82, 2.24) is 10.2 Å². The van der Waals surface area contributed by atoms with Gasteiger partial charge in [-0.3, -0.25) is 9.69 Å². The number of carbonyl (C=O) groups excluding carboxylic acids is 1. The number of nitrogens with zero attached hydrogens (tertiary/aromatic N) is 1. The first-order valence-electron chi connectivity index (χ1n) is 6.17.